The zero-order chi connectivity index (χ0) is 10.6. The largest absolute Gasteiger partial charge is 0.395 e. The number of carbonyl (C=O) groups excluding carboxylic acids is 2. The number of carbonyl (C=O) groups is 2. The SMILES string of the molecule is CC(=O)N1CCC(C(=O)NCCO)C1. The quantitative estimate of drug-likeness (QED) is 0.611. The summed E-state index contributed by atoms with van der Waals surface area (Å²) in [5.41, 5.74) is 0. The van der Waals surface area contributed by atoms with Crippen LogP contribution in [0, 0.1) is 5.92 Å². The highest BCUT2D eigenvalue weighted by Gasteiger charge is 2.28. The first-order valence-electron chi connectivity index (χ1n) is 4.79. The second-order valence-electron chi connectivity index (χ2n) is 3.47. The minimum Gasteiger partial charge on any atom is -0.395 e. The lowest BCUT2D eigenvalue weighted by Gasteiger charge is -2.13. The number of nitrogens with one attached hydrogen (secondary N) is 1. The highest BCUT2D eigenvalue weighted by Crippen LogP contribution is 2.15. The Balaban J connectivity index is 2.34. The first-order chi connectivity index (χ1) is 6.65. The predicted octanol–water partition coefficient (Wildman–Crippen LogP) is -1.04. The average molecular weight is 200 g/mol. The summed E-state index contributed by atoms with van der Waals surface area (Å²) in [4.78, 5) is 24.1. The zero-order valence-corrected chi connectivity index (χ0v) is 8.32. The third kappa shape index (κ3) is 2.70. The summed E-state index contributed by atoms with van der Waals surface area (Å²) < 4.78 is 0. The second kappa shape index (κ2) is 4.95. The van der Waals surface area contributed by atoms with Gasteiger partial charge in [-0.25, -0.2) is 0 Å². The molecular weight excluding hydrogens is 184 g/mol. The van der Waals surface area contributed by atoms with Gasteiger partial charge < -0.3 is 15.3 Å². The summed E-state index contributed by atoms with van der Waals surface area (Å²) >= 11 is 0. The van der Waals surface area contributed by atoms with Crippen LogP contribution in [0.15, 0.2) is 0 Å². The molecule has 1 rings (SSSR count). The van der Waals surface area contributed by atoms with E-state index < -0.39 is 0 Å². The van der Waals surface area contributed by atoms with Crippen LogP contribution in [0.25, 0.3) is 0 Å². The van der Waals surface area contributed by atoms with E-state index in [2.05, 4.69) is 5.32 Å². The molecule has 1 aliphatic rings. The zero-order valence-electron chi connectivity index (χ0n) is 8.32. The van der Waals surface area contributed by atoms with Gasteiger partial charge in [0.1, 0.15) is 0 Å². The van der Waals surface area contributed by atoms with Crippen LogP contribution in [0.2, 0.25) is 0 Å². The van der Waals surface area contributed by atoms with Gasteiger partial charge in [0, 0.05) is 26.6 Å². The molecule has 1 heterocycles. The maximum Gasteiger partial charge on any atom is 0.225 e. The van der Waals surface area contributed by atoms with Crippen molar-refractivity contribution >= 4 is 11.8 Å². The lowest BCUT2D eigenvalue weighted by Crippen LogP contribution is -2.35. The van der Waals surface area contributed by atoms with Gasteiger partial charge in [0.05, 0.1) is 12.5 Å². The van der Waals surface area contributed by atoms with E-state index in [-0.39, 0.29) is 30.9 Å². The van der Waals surface area contributed by atoms with Crippen LogP contribution in [0.5, 0.6) is 0 Å². The molecule has 0 bridgehead atoms. The van der Waals surface area contributed by atoms with E-state index in [1.165, 1.54) is 6.92 Å². The minimum atomic E-state index is -0.106. The molecule has 5 nitrogen and oxygen atoms in total. The monoisotopic (exact) mass is 200 g/mol. The van der Waals surface area contributed by atoms with E-state index in [0.29, 0.717) is 13.1 Å². The lowest BCUT2D eigenvalue weighted by atomic mass is 10.1. The first-order valence-corrected chi connectivity index (χ1v) is 4.79. The number of hydrogen-bond donors (Lipinski definition) is 2. The van der Waals surface area contributed by atoms with Crippen LogP contribution in [0.1, 0.15) is 13.3 Å². The molecule has 0 radical (unpaired) electrons. The molecule has 0 aromatic carbocycles. The van der Waals surface area contributed by atoms with Crippen LogP contribution < -0.4 is 5.32 Å². The van der Waals surface area contributed by atoms with Crippen molar-refractivity contribution in [1.29, 1.82) is 0 Å². The van der Waals surface area contributed by atoms with Gasteiger partial charge in [-0.2, -0.15) is 0 Å². The topological polar surface area (TPSA) is 69.6 Å². The Kier molecular flexibility index (Phi) is 3.88. The Morgan fingerprint density at radius 2 is 2.29 bits per heavy atom. The fourth-order valence-electron chi connectivity index (χ4n) is 1.58. The van der Waals surface area contributed by atoms with E-state index in [1.807, 2.05) is 0 Å². The van der Waals surface area contributed by atoms with E-state index in [4.69, 9.17) is 5.11 Å². The van der Waals surface area contributed by atoms with Crippen molar-refractivity contribution in [2.75, 3.05) is 26.2 Å². The van der Waals surface area contributed by atoms with Gasteiger partial charge >= 0.3 is 0 Å². The molecule has 1 saturated heterocycles. The third-order valence-electron chi connectivity index (χ3n) is 2.42. The van der Waals surface area contributed by atoms with Gasteiger partial charge in [-0.3, -0.25) is 9.59 Å². The number of rotatable bonds is 3. The molecular formula is C9H16N2O3. The van der Waals surface area contributed by atoms with E-state index >= 15 is 0 Å². The average Bonchev–Trinajstić information content (AvgIpc) is 2.62. The van der Waals surface area contributed by atoms with Crippen molar-refractivity contribution < 1.29 is 14.7 Å². The molecule has 1 fully saturated rings. The number of aliphatic hydroxyl groups is 1. The van der Waals surface area contributed by atoms with Crippen molar-refractivity contribution in [2.45, 2.75) is 13.3 Å². The number of aliphatic hydroxyl groups excluding tert-OH is 1. The number of likely N-dealkylation sites (tertiary alicyclic amines) is 1. The molecule has 0 spiro atoms. The van der Waals surface area contributed by atoms with Crippen LogP contribution in [0.3, 0.4) is 0 Å². The molecule has 0 aromatic rings. The summed E-state index contributed by atoms with van der Waals surface area (Å²) in [5, 5.41) is 11.1. The van der Waals surface area contributed by atoms with Crippen molar-refractivity contribution in [1.82, 2.24) is 10.2 Å². The van der Waals surface area contributed by atoms with Gasteiger partial charge in [0.2, 0.25) is 11.8 Å². The summed E-state index contributed by atoms with van der Waals surface area (Å²) in [6.45, 7) is 2.91. The second-order valence-corrected chi connectivity index (χ2v) is 3.47. The van der Waals surface area contributed by atoms with Gasteiger partial charge in [0.25, 0.3) is 0 Å². The minimum absolute atomic E-state index is 0.0162. The summed E-state index contributed by atoms with van der Waals surface area (Å²) in [6.07, 6.45) is 0.719. The molecule has 1 unspecified atom stereocenters. The molecule has 5 heteroatoms. The predicted molar refractivity (Wildman–Crippen MR) is 50.5 cm³/mol. The Hall–Kier alpha value is -1.10. The fraction of sp³-hybridized carbons (Fsp3) is 0.778. The molecule has 0 saturated carbocycles. The Bertz CT molecular complexity index is 230. The summed E-state index contributed by atoms with van der Waals surface area (Å²) in [7, 11) is 0. The molecule has 1 atom stereocenters. The highest BCUT2D eigenvalue weighted by atomic mass is 16.3. The van der Waals surface area contributed by atoms with Crippen LogP contribution in [-0.2, 0) is 9.59 Å². The molecule has 0 aliphatic carbocycles. The maximum atomic E-state index is 11.4. The van der Waals surface area contributed by atoms with Crippen molar-refractivity contribution in [2.24, 2.45) is 5.92 Å². The first kappa shape index (κ1) is 11.0. The third-order valence-corrected chi connectivity index (χ3v) is 2.42. The maximum absolute atomic E-state index is 11.4. The van der Waals surface area contributed by atoms with Crippen LogP contribution >= 0.6 is 0 Å². The number of nitrogens with zero attached hydrogens (tertiary/aromatic N) is 1. The molecule has 0 aromatic heterocycles. The molecule has 2 amide bonds. The van der Waals surface area contributed by atoms with E-state index in [9.17, 15) is 9.59 Å². The Morgan fingerprint density at radius 1 is 1.57 bits per heavy atom. The molecule has 2 N–H and O–H groups in total. The van der Waals surface area contributed by atoms with Gasteiger partial charge in [-0.1, -0.05) is 0 Å². The summed E-state index contributed by atoms with van der Waals surface area (Å²) in [6, 6.07) is 0. The van der Waals surface area contributed by atoms with E-state index in [1.54, 1.807) is 4.90 Å². The Morgan fingerprint density at radius 3 is 2.79 bits per heavy atom. The fourth-order valence-corrected chi connectivity index (χ4v) is 1.58. The highest BCUT2D eigenvalue weighted by molar-refractivity contribution is 5.81. The normalized spacial score (nSPS) is 21.0. The smallest absolute Gasteiger partial charge is 0.225 e. The van der Waals surface area contributed by atoms with Gasteiger partial charge in [-0.05, 0) is 6.42 Å². The van der Waals surface area contributed by atoms with Crippen LogP contribution in [-0.4, -0.2) is 48.1 Å². The van der Waals surface area contributed by atoms with E-state index in [0.717, 1.165) is 6.42 Å². The van der Waals surface area contributed by atoms with Crippen molar-refractivity contribution in [3.63, 3.8) is 0 Å². The van der Waals surface area contributed by atoms with Crippen molar-refractivity contribution in [3.8, 4) is 0 Å². The summed E-state index contributed by atoms with van der Waals surface area (Å²) in [5.74, 6) is -0.157. The lowest BCUT2D eigenvalue weighted by molar-refractivity contribution is -0.128. The number of hydrogen-bond acceptors (Lipinski definition) is 3. The van der Waals surface area contributed by atoms with Gasteiger partial charge in [0.15, 0.2) is 0 Å². The molecule has 14 heavy (non-hydrogen) atoms. The van der Waals surface area contributed by atoms with Gasteiger partial charge in [-0.15, -0.1) is 0 Å². The van der Waals surface area contributed by atoms with Crippen molar-refractivity contribution in [3.05, 3.63) is 0 Å². The Labute approximate surface area is 83.1 Å². The molecule has 1 aliphatic heterocycles. The van der Waals surface area contributed by atoms with Crippen LogP contribution in [0.4, 0.5) is 0 Å². The number of amides is 2. The molecule has 80 valence electrons. The standard InChI is InChI=1S/C9H16N2O3/c1-7(13)11-4-2-8(6-11)9(14)10-3-5-12/h8,12H,2-6H2,1H3,(H,10,14).